The fraction of sp³-hybridized carbons (Fsp3) is 0.364. The molecule has 2 nitrogen and oxygen atoms in total. The molecule has 0 aliphatic carbocycles. The standard InChI is InChI=1S/C11H14N2S/c1-3-14-7-10-8(2)4-5-11-9(10)6-12-13-11/h4-6H,3,7H2,1-2H3,(H,12,13). The first kappa shape index (κ1) is 9.59. The molecule has 3 heteroatoms. The minimum Gasteiger partial charge on any atom is -0.278 e. The van der Waals surface area contributed by atoms with Crippen LogP contribution in [-0.2, 0) is 5.75 Å². The maximum Gasteiger partial charge on any atom is 0.0653 e. The van der Waals surface area contributed by atoms with E-state index in [2.05, 4.69) is 36.2 Å². The molecule has 0 radical (unpaired) electrons. The summed E-state index contributed by atoms with van der Waals surface area (Å²) in [6.07, 6.45) is 1.92. The number of H-pyrrole nitrogens is 1. The molecular formula is C11H14N2S. The molecule has 14 heavy (non-hydrogen) atoms. The average molecular weight is 206 g/mol. The van der Waals surface area contributed by atoms with Gasteiger partial charge in [-0.15, -0.1) is 0 Å². The van der Waals surface area contributed by atoms with Crippen LogP contribution < -0.4 is 0 Å². The first-order chi connectivity index (χ1) is 6.83. The van der Waals surface area contributed by atoms with Crippen molar-refractivity contribution in [1.29, 1.82) is 0 Å². The number of rotatable bonds is 3. The van der Waals surface area contributed by atoms with Crippen LogP contribution in [0.4, 0.5) is 0 Å². The van der Waals surface area contributed by atoms with E-state index in [1.165, 1.54) is 16.5 Å². The highest BCUT2D eigenvalue weighted by molar-refractivity contribution is 7.98. The van der Waals surface area contributed by atoms with Gasteiger partial charge in [0.2, 0.25) is 0 Å². The van der Waals surface area contributed by atoms with Crippen LogP contribution >= 0.6 is 11.8 Å². The van der Waals surface area contributed by atoms with E-state index in [1.807, 2.05) is 18.0 Å². The largest absolute Gasteiger partial charge is 0.278 e. The predicted octanol–water partition coefficient (Wildman–Crippen LogP) is 3.12. The summed E-state index contributed by atoms with van der Waals surface area (Å²) >= 11 is 1.95. The van der Waals surface area contributed by atoms with Crippen molar-refractivity contribution in [2.75, 3.05) is 5.75 Å². The molecule has 0 unspecified atom stereocenters. The summed E-state index contributed by atoms with van der Waals surface area (Å²) in [5, 5.41) is 8.35. The van der Waals surface area contributed by atoms with E-state index < -0.39 is 0 Å². The topological polar surface area (TPSA) is 28.7 Å². The molecule has 1 heterocycles. The fourth-order valence-corrected chi connectivity index (χ4v) is 2.37. The Hall–Kier alpha value is -0.960. The van der Waals surface area contributed by atoms with Gasteiger partial charge in [0.1, 0.15) is 0 Å². The van der Waals surface area contributed by atoms with Crippen LogP contribution in [0.5, 0.6) is 0 Å². The van der Waals surface area contributed by atoms with E-state index in [0.717, 1.165) is 17.0 Å². The maximum atomic E-state index is 4.08. The van der Waals surface area contributed by atoms with Crippen LogP contribution in [0.3, 0.4) is 0 Å². The predicted molar refractivity (Wildman–Crippen MR) is 62.7 cm³/mol. The number of hydrogen-bond donors (Lipinski definition) is 1. The Morgan fingerprint density at radius 2 is 2.29 bits per heavy atom. The Morgan fingerprint density at radius 1 is 1.43 bits per heavy atom. The Kier molecular flexibility index (Phi) is 2.77. The Balaban J connectivity index is 2.47. The highest BCUT2D eigenvalue weighted by Crippen LogP contribution is 2.24. The van der Waals surface area contributed by atoms with Crippen molar-refractivity contribution < 1.29 is 0 Å². The lowest BCUT2D eigenvalue weighted by Gasteiger charge is -2.05. The first-order valence-electron chi connectivity index (χ1n) is 4.82. The molecule has 1 aromatic carbocycles. The lowest BCUT2D eigenvalue weighted by Crippen LogP contribution is -1.87. The Labute approximate surface area is 88.1 Å². The zero-order valence-electron chi connectivity index (χ0n) is 8.50. The molecule has 1 N–H and O–H groups in total. The van der Waals surface area contributed by atoms with Gasteiger partial charge in [0.25, 0.3) is 0 Å². The van der Waals surface area contributed by atoms with E-state index in [0.29, 0.717) is 0 Å². The number of fused-ring (bicyclic) bond motifs is 1. The van der Waals surface area contributed by atoms with Crippen LogP contribution in [0, 0.1) is 6.92 Å². The monoisotopic (exact) mass is 206 g/mol. The van der Waals surface area contributed by atoms with Gasteiger partial charge in [-0.05, 0) is 29.9 Å². The van der Waals surface area contributed by atoms with Crippen molar-refractivity contribution in [3.63, 3.8) is 0 Å². The van der Waals surface area contributed by atoms with Crippen molar-refractivity contribution in [1.82, 2.24) is 10.2 Å². The Bertz CT molecular complexity index is 434. The summed E-state index contributed by atoms with van der Waals surface area (Å²) < 4.78 is 0. The molecule has 0 saturated heterocycles. The molecule has 1 aromatic heterocycles. The number of aromatic amines is 1. The second-order valence-corrected chi connectivity index (χ2v) is 4.60. The van der Waals surface area contributed by atoms with Crippen molar-refractivity contribution in [2.45, 2.75) is 19.6 Å². The minimum atomic E-state index is 1.08. The van der Waals surface area contributed by atoms with Gasteiger partial charge in [-0.25, -0.2) is 0 Å². The summed E-state index contributed by atoms with van der Waals surface area (Å²) in [4.78, 5) is 0. The molecule has 0 aliphatic heterocycles. The second-order valence-electron chi connectivity index (χ2n) is 3.33. The van der Waals surface area contributed by atoms with Gasteiger partial charge in [0.05, 0.1) is 11.7 Å². The Morgan fingerprint density at radius 3 is 3.07 bits per heavy atom. The average Bonchev–Trinajstić information content (AvgIpc) is 2.64. The molecule has 2 rings (SSSR count). The molecule has 0 atom stereocenters. The van der Waals surface area contributed by atoms with Crippen LogP contribution in [0.25, 0.3) is 10.9 Å². The lowest BCUT2D eigenvalue weighted by molar-refractivity contribution is 1.12. The van der Waals surface area contributed by atoms with Crippen LogP contribution in [0.15, 0.2) is 18.3 Å². The van der Waals surface area contributed by atoms with Crippen molar-refractivity contribution in [3.05, 3.63) is 29.5 Å². The van der Waals surface area contributed by atoms with Crippen molar-refractivity contribution in [3.8, 4) is 0 Å². The summed E-state index contributed by atoms with van der Waals surface area (Å²) in [6, 6.07) is 4.25. The van der Waals surface area contributed by atoms with Crippen molar-refractivity contribution in [2.24, 2.45) is 0 Å². The number of benzene rings is 1. The third kappa shape index (κ3) is 1.64. The van der Waals surface area contributed by atoms with Gasteiger partial charge in [-0.2, -0.15) is 16.9 Å². The van der Waals surface area contributed by atoms with Crippen LogP contribution in [0.1, 0.15) is 18.1 Å². The number of aryl methyl sites for hydroxylation is 1. The fourth-order valence-electron chi connectivity index (χ4n) is 1.58. The third-order valence-electron chi connectivity index (χ3n) is 2.42. The normalized spacial score (nSPS) is 11.0. The number of nitrogens with one attached hydrogen (secondary N) is 1. The minimum absolute atomic E-state index is 1.08. The van der Waals surface area contributed by atoms with E-state index >= 15 is 0 Å². The van der Waals surface area contributed by atoms with E-state index in [4.69, 9.17) is 0 Å². The molecule has 0 saturated carbocycles. The maximum absolute atomic E-state index is 4.08. The summed E-state index contributed by atoms with van der Waals surface area (Å²) in [5.74, 6) is 2.24. The van der Waals surface area contributed by atoms with Gasteiger partial charge in [0.15, 0.2) is 0 Å². The van der Waals surface area contributed by atoms with Crippen LogP contribution in [-0.4, -0.2) is 16.0 Å². The van der Waals surface area contributed by atoms with Crippen LogP contribution in [0.2, 0.25) is 0 Å². The highest BCUT2D eigenvalue weighted by atomic mass is 32.2. The van der Waals surface area contributed by atoms with Gasteiger partial charge < -0.3 is 0 Å². The lowest BCUT2D eigenvalue weighted by atomic mass is 10.1. The third-order valence-corrected chi connectivity index (χ3v) is 3.32. The highest BCUT2D eigenvalue weighted by Gasteiger charge is 2.05. The zero-order valence-corrected chi connectivity index (χ0v) is 9.32. The molecule has 0 fully saturated rings. The number of thioether (sulfide) groups is 1. The SMILES string of the molecule is CCSCc1c(C)ccc2[nH]ncc12. The first-order valence-corrected chi connectivity index (χ1v) is 5.97. The van der Waals surface area contributed by atoms with E-state index in [1.54, 1.807) is 0 Å². The van der Waals surface area contributed by atoms with Gasteiger partial charge >= 0.3 is 0 Å². The summed E-state index contributed by atoms with van der Waals surface area (Å²) in [6.45, 7) is 4.35. The van der Waals surface area contributed by atoms with E-state index in [9.17, 15) is 0 Å². The van der Waals surface area contributed by atoms with Gasteiger partial charge in [-0.3, -0.25) is 5.10 Å². The molecule has 0 bridgehead atoms. The molecule has 0 amide bonds. The quantitative estimate of drug-likeness (QED) is 0.835. The van der Waals surface area contributed by atoms with Gasteiger partial charge in [-0.1, -0.05) is 13.0 Å². The smallest absolute Gasteiger partial charge is 0.0653 e. The molecule has 2 aromatic rings. The van der Waals surface area contributed by atoms with E-state index in [-0.39, 0.29) is 0 Å². The molecule has 0 spiro atoms. The summed E-state index contributed by atoms with van der Waals surface area (Å²) in [7, 11) is 0. The molecule has 74 valence electrons. The number of hydrogen-bond acceptors (Lipinski definition) is 2. The number of nitrogens with zero attached hydrogens (tertiary/aromatic N) is 1. The summed E-state index contributed by atoms with van der Waals surface area (Å²) in [5.41, 5.74) is 3.92. The second kappa shape index (κ2) is 4.05. The van der Waals surface area contributed by atoms with Gasteiger partial charge in [0, 0.05) is 11.1 Å². The van der Waals surface area contributed by atoms with Crippen molar-refractivity contribution >= 4 is 22.7 Å². The number of aromatic nitrogens is 2. The zero-order chi connectivity index (χ0) is 9.97. The molecular weight excluding hydrogens is 192 g/mol. The molecule has 0 aliphatic rings.